The topological polar surface area (TPSA) is 75.6 Å². The SMILES string of the molecule is O=C(NC(Cc1cccc(F)c1Br)C(=O)O)OCC1c2ccccc2-c2ccccc21. The zero-order chi connectivity index (χ0) is 22.0. The number of hydrogen-bond acceptors (Lipinski definition) is 3. The van der Waals surface area contributed by atoms with Gasteiger partial charge in [0.15, 0.2) is 0 Å². The van der Waals surface area contributed by atoms with E-state index in [1.165, 1.54) is 12.1 Å². The second-order valence-electron chi connectivity index (χ2n) is 7.28. The molecule has 7 heteroatoms. The second-order valence-corrected chi connectivity index (χ2v) is 8.07. The molecule has 0 saturated heterocycles. The number of benzene rings is 3. The summed E-state index contributed by atoms with van der Waals surface area (Å²) in [5.74, 6) is -1.86. The molecule has 5 nitrogen and oxygen atoms in total. The molecular weight excluding hydrogens is 465 g/mol. The minimum Gasteiger partial charge on any atom is -0.480 e. The summed E-state index contributed by atoms with van der Waals surface area (Å²) in [6.07, 6.45) is -0.917. The number of halogens is 2. The molecule has 1 aliphatic rings. The molecule has 31 heavy (non-hydrogen) atoms. The van der Waals surface area contributed by atoms with Crippen LogP contribution in [0.25, 0.3) is 11.1 Å². The van der Waals surface area contributed by atoms with Gasteiger partial charge in [0.25, 0.3) is 0 Å². The minimum absolute atomic E-state index is 0.0792. The quantitative estimate of drug-likeness (QED) is 0.509. The Balaban J connectivity index is 1.45. The third-order valence-electron chi connectivity index (χ3n) is 5.39. The van der Waals surface area contributed by atoms with Crippen molar-refractivity contribution in [1.82, 2.24) is 5.32 Å². The second kappa shape index (κ2) is 8.89. The lowest BCUT2D eigenvalue weighted by Gasteiger charge is -2.18. The number of amides is 1. The van der Waals surface area contributed by atoms with Gasteiger partial charge < -0.3 is 15.2 Å². The average molecular weight is 484 g/mol. The first-order chi connectivity index (χ1) is 15.0. The van der Waals surface area contributed by atoms with E-state index in [9.17, 15) is 19.1 Å². The number of nitrogens with one attached hydrogen (secondary N) is 1. The highest BCUT2D eigenvalue weighted by Gasteiger charge is 2.30. The third-order valence-corrected chi connectivity index (χ3v) is 6.28. The van der Waals surface area contributed by atoms with Gasteiger partial charge >= 0.3 is 12.1 Å². The van der Waals surface area contributed by atoms with Crippen molar-refractivity contribution in [1.29, 1.82) is 0 Å². The Morgan fingerprint density at radius 1 is 1.00 bits per heavy atom. The smallest absolute Gasteiger partial charge is 0.407 e. The van der Waals surface area contributed by atoms with Crippen LogP contribution in [0.1, 0.15) is 22.6 Å². The summed E-state index contributed by atoms with van der Waals surface area (Å²) in [6.45, 7) is 0.0792. The molecule has 0 saturated carbocycles. The molecule has 1 aliphatic carbocycles. The fourth-order valence-corrected chi connectivity index (χ4v) is 4.33. The fourth-order valence-electron chi connectivity index (χ4n) is 3.91. The van der Waals surface area contributed by atoms with Gasteiger partial charge in [0, 0.05) is 12.3 Å². The maximum atomic E-state index is 13.7. The zero-order valence-corrected chi connectivity index (χ0v) is 17.9. The molecule has 158 valence electrons. The first-order valence-electron chi connectivity index (χ1n) is 9.73. The molecule has 0 aliphatic heterocycles. The molecule has 0 bridgehead atoms. The number of carbonyl (C=O) groups excluding carboxylic acids is 1. The van der Waals surface area contributed by atoms with Crippen LogP contribution in [0.5, 0.6) is 0 Å². The van der Waals surface area contributed by atoms with E-state index in [-0.39, 0.29) is 23.4 Å². The lowest BCUT2D eigenvalue weighted by molar-refractivity contribution is -0.139. The van der Waals surface area contributed by atoms with Gasteiger partial charge in [-0.05, 0) is 49.8 Å². The standard InChI is InChI=1S/C24H19BrFNO4/c25-22-14(6-5-11-20(22)26)12-21(23(28)29)27-24(30)31-13-19-17-9-3-1-7-15(17)16-8-2-4-10-18(16)19/h1-11,19,21H,12-13H2,(H,27,30)(H,28,29). The minimum atomic E-state index is -1.26. The van der Waals surface area contributed by atoms with Gasteiger partial charge in [0.1, 0.15) is 18.5 Å². The van der Waals surface area contributed by atoms with Gasteiger partial charge in [-0.2, -0.15) is 0 Å². The van der Waals surface area contributed by atoms with Crippen molar-refractivity contribution in [2.75, 3.05) is 6.61 Å². The largest absolute Gasteiger partial charge is 0.480 e. The summed E-state index contributed by atoms with van der Waals surface area (Å²) in [6, 6.07) is 19.0. The van der Waals surface area contributed by atoms with E-state index in [1.807, 2.05) is 48.5 Å². The Morgan fingerprint density at radius 2 is 1.61 bits per heavy atom. The van der Waals surface area contributed by atoms with Gasteiger partial charge in [-0.15, -0.1) is 0 Å². The van der Waals surface area contributed by atoms with Gasteiger partial charge in [-0.1, -0.05) is 60.7 Å². The van der Waals surface area contributed by atoms with Crippen LogP contribution in [0, 0.1) is 5.82 Å². The van der Waals surface area contributed by atoms with Crippen LogP contribution in [-0.4, -0.2) is 29.8 Å². The van der Waals surface area contributed by atoms with Crippen LogP contribution in [0.4, 0.5) is 9.18 Å². The number of rotatable bonds is 6. The highest BCUT2D eigenvalue weighted by atomic mass is 79.9. The molecule has 1 atom stereocenters. The lowest BCUT2D eigenvalue weighted by Crippen LogP contribution is -2.43. The van der Waals surface area contributed by atoms with Crippen LogP contribution < -0.4 is 5.32 Å². The summed E-state index contributed by atoms with van der Waals surface area (Å²) in [4.78, 5) is 24.0. The molecule has 3 aromatic rings. The molecule has 4 rings (SSSR count). The van der Waals surface area contributed by atoms with Crippen molar-refractivity contribution in [3.8, 4) is 11.1 Å². The van der Waals surface area contributed by atoms with Gasteiger partial charge in [0.2, 0.25) is 0 Å². The Morgan fingerprint density at radius 3 is 2.23 bits per heavy atom. The molecule has 0 aromatic heterocycles. The van der Waals surface area contributed by atoms with Gasteiger partial charge in [-0.3, -0.25) is 0 Å². The summed E-state index contributed by atoms with van der Waals surface area (Å²) in [7, 11) is 0. The predicted octanol–water partition coefficient (Wildman–Crippen LogP) is 5.12. The average Bonchev–Trinajstić information content (AvgIpc) is 3.08. The Hall–Kier alpha value is -3.19. The van der Waals surface area contributed by atoms with E-state index >= 15 is 0 Å². The van der Waals surface area contributed by atoms with E-state index in [1.54, 1.807) is 6.07 Å². The van der Waals surface area contributed by atoms with E-state index in [0.717, 1.165) is 22.3 Å². The molecule has 3 aromatic carbocycles. The monoisotopic (exact) mass is 483 g/mol. The summed E-state index contributed by atoms with van der Waals surface area (Å²) in [5, 5.41) is 11.9. The molecule has 1 amide bonds. The van der Waals surface area contributed by atoms with E-state index in [4.69, 9.17) is 4.74 Å². The van der Waals surface area contributed by atoms with Crippen LogP contribution in [0.2, 0.25) is 0 Å². The predicted molar refractivity (Wildman–Crippen MR) is 117 cm³/mol. The number of aliphatic carboxylic acids is 1. The van der Waals surface area contributed by atoms with Crippen molar-refractivity contribution in [3.63, 3.8) is 0 Å². The van der Waals surface area contributed by atoms with Crippen molar-refractivity contribution in [3.05, 3.63) is 93.7 Å². The molecule has 0 fully saturated rings. The lowest BCUT2D eigenvalue weighted by atomic mass is 9.98. The molecule has 0 heterocycles. The maximum Gasteiger partial charge on any atom is 0.407 e. The summed E-state index contributed by atoms with van der Waals surface area (Å²) in [5.41, 5.74) is 4.77. The number of carboxylic acid groups (broad SMARTS) is 1. The van der Waals surface area contributed by atoms with Crippen LogP contribution in [-0.2, 0) is 16.0 Å². The third kappa shape index (κ3) is 4.32. The number of fused-ring (bicyclic) bond motifs is 3. The van der Waals surface area contributed by atoms with Crippen molar-refractivity contribution in [2.24, 2.45) is 0 Å². The summed E-state index contributed by atoms with van der Waals surface area (Å²) >= 11 is 3.12. The number of alkyl carbamates (subject to hydrolysis) is 1. The number of hydrogen-bond donors (Lipinski definition) is 2. The van der Waals surface area contributed by atoms with E-state index in [0.29, 0.717) is 5.56 Å². The molecule has 0 spiro atoms. The van der Waals surface area contributed by atoms with Crippen LogP contribution in [0.3, 0.4) is 0 Å². The van der Waals surface area contributed by atoms with Crippen molar-refractivity contribution in [2.45, 2.75) is 18.4 Å². The highest BCUT2D eigenvalue weighted by Crippen LogP contribution is 2.44. The Bertz CT molecular complexity index is 1100. The first-order valence-corrected chi connectivity index (χ1v) is 10.5. The van der Waals surface area contributed by atoms with E-state index < -0.39 is 23.9 Å². The molecule has 1 unspecified atom stereocenters. The Kier molecular flexibility index (Phi) is 6.04. The number of ether oxygens (including phenoxy) is 1. The van der Waals surface area contributed by atoms with Crippen LogP contribution >= 0.6 is 15.9 Å². The van der Waals surface area contributed by atoms with Crippen LogP contribution in [0.15, 0.2) is 71.2 Å². The maximum absolute atomic E-state index is 13.7. The van der Waals surface area contributed by atoms with Gasteiger partial charge in [0.05, 0.1) is 4.47 Å². The van der Waals surface area contributed by atoms with E-state index in [2.05, 4.69) is 21.2 Å². The normalized spacial score (nSPS) is 13.2. The number of carboxylic acids is 1. The first kappa shape index (κ1) is 21.1. The van der Waals surface area contributed by atoms with Crippen molar-refractivity contribution < 1.29 is 23.8 Å². The fraction of sp³-hybridized carbons (Fsp3) is 0.167. The van der Waals surface area contributed by atoms with Crippen molar-refractivity contribution >= 4 is 28.0 Å². The summed E-state index contributed by atoms with van der Waals surface area (Å²) < 4.78 is 19.3. The highest BCUT2D eigenvalue weighted by molar-refractivity contribution is 9.10. The molecule has 2 N–H and O–H groups in total. The zero-order valence-electron chi connectivity index (χ0n) is 16.3. The molecule has 0 radical (unpaired) electrons. The molecular formula is C24H19BrFNO4. The Labute approximate surface area is 187 Å². The number of carbonyl (C=O) groups is 2. The van der Waals surface area contributed by atoms with Gasteiger partial charge in [-0.25, -0.2) is 14.0 Å².